The van der Waals surface area contributed by atoms with E-state index < -0.39 is 5.97 Å². The van der Waals surface area contributed by atoms with Crippen molar-refractivity contribution in [2.24, 2.45) is 0 Å². The van der Waals surface area contributed by atoms with Crippen LogP contribution < -0.4 is 4.90 Å². The first kappa shape index (κ1) is 23.9. The molecule has 1 aliphatic rings. The van der Waals surface area contributed by atoms with Crippen molar-refractivity contribution < 1.29 is 14.6 Å². The Morgan fingerprint density at radius 1 is 1.10 bits per heavy atom. The molecule has 0 bridgehead atoms. The van der Waals surface area contributed by atoms with E-state index in [9.17, 15) is 4.79 Å². The number of halogens is 2. The Kier molecular flexibility index (Phi) is 8.01. The van der Waals surface area contributed by atoms with Gasteiger partial charge in [0.2, 0.25) is 0 Å². The smallest absolute Gasteiger partial charge is 0.309 e. The van der Waals surface area contributed by atoms with Crippen LogP contribution in [0.25, 0.3) is 22.0 Å². The highest BCUT2D eigenvalue weighted by atomic mass is 35.5. The van der Waals surface area contributed by atoms with E-state index in [2.05, 4.69) is 23.7 Å². The highest BCUT2D eigenvalue weighted by Crippen LogP contribution is 2.26. The SMILES string of the molecule is C[C@@H]1CN(c2cccc(-c3ccc4cnc(CC(=O)O)cc4c3)n2)C[C@H](C)O1.Cl.Cl. The van der Waals surface area contributed by atoms with Gasteiger partial charge in [0.15, 0.2) is 0 Å². The van der Waals surface area contributed by atoms with E-state index in [1.54, 1.807) is 6.20 Å². The summed E-state index contributed by atoms with van der Waals surface area (Å²) < 4.78 is 5.82. The van der Waals surface area contributed by atoms with Gasteiger partial charge >= 0.3 is 5.97 Å². The molecule has 0 aliphatic carbocycles. The van der Waals surface area contributed by atoms with Crippen LogP contribution in [0.15, 0.2) is 48.7 Å². The first-order chi connectivity index (χ1) is 13.5. The average Bonchev–Trinajstić information content (AvgIpc) is 2.66. The molecule has 1 fully saturated rings. The van der Waals surface area contributed by atoms with Gasteiger partial charge in [-0.05, 0) is 43.5 Å². The monoisotopic (exact) mass is 449 g/mol. The number of pyridine rings is 2. The molecule has 8 heteroatoms. The van der Waals surface area contributed by atoms with Crippen molar-refractivity contribution in [2.75, 3.05) is 18.0 Å². The van der Waals surface area contributed by atoms with Gasteiger partial charge in [0.1, 0.15) is 5.82 Å². The van der Waals surface area contributed by atoms with Crippen molar-refractivity contribution in [1.29, 1.82) is 0 Å². The van der Waals surface area contributed by atoms with E-state index in [0.29, 0.717) is 5.69 Å². The molecule has 2 atom stereocenters. The third-order valence-corrected chi connectivity index (χ3v) is 4.88. The van der Waals surface area contributed by atoms with E-state index >= 15 is 0 Å². The molecule has 1 aliphatic heterocycles. The minimum absolute atomic E-state index is 0. The fraction of sp³-hybridized carbons (Fsp3) is 0.318. The first-order valence-electron chi connectivity index (χ1n) is 9.46. The summed E-state index contributed by atoms with van der Waals surface area (Å²) in [5.74, 6) is 0.0623. The molecule has 0 saturated carbocycles. The summed E-state index contributed by atoms with van der Waals surface area (Å²) in [6, 6.07) is 13.9. The van der Waals surface area contributed by atoms with Crippen LogP contribution in [0, 0.1) is 0 Å². The van der Waals surface area contributed by atoms with Gasteiger partial charge < -0.3 is 14.7 Å². The Balaban J connectivity index is 0.00000160. The van der Waals surface area contributed by atoms with Crippen molar-refractivity contribution in [3.8, 4) is 11.3 Å². The number of anilines is 1. The van der Waals surface area contributed by atoms with Gasteiger partial charge in [0, 0.05) is 30.2 Å². The standard InChI is InChI=1S/C22H23N3O3.2ClH/c1-14-12-25(13-15(2)28-14)21-5-3-4-20(24-21)16-6-7-17-11-23-19(10-22(26)27)9-18(17)8-16;;/h3-9,11,14-15H,10,12-13H2,1-2H3,(H,26,27);2*1H/t14-,15+;;. The number of benzene rings is 1. The van der Waals surface area contributed by atoms with E-state index in [1.165, 1.54) is 0 Å². The Hall–Kier alpha value is -2.41. The third-order valence-electron chi connectivity index (χ3n) is 4.88. The van der Waals surface area contributed by atoms with Gasteiger partial charge in [0.25, 0.3) is 0 Å². The average molecular weight is 450 g/mol. The Labute approximate surface area is 188 Å². The summed E-state index contributed by atoms with van der Waals surface area (Å²) in [4.78, 5) is 22.3. The Bertz CT molecular complexity index is 1020. The quantitative estimate of drug-likeness (QED) is 0.636. The molecule has 0 unspecified atom stereocenters. The largest absolute Gasteiger partial charge is 0.481 e. The molecular weight excluding hydrogens is 425 g/mol. The number of ether oxygens (including phenoxy) is 1. The first-order valence-corrected chi connectivity index (χ1v) is 9.46. The lowest BCUT2D eigenvalue weighted by Crippen LogP contribution is -2.45. The van der Waals surface area contributed by atoms with Gasteiger partial charge in [0.05, 0.1) is 30.0 Å². The maximum atomic E-state index is 11.0. The second-order valence-corrected chi connectivity index (χ2v) is 7.35. The summed E-state index contributed by atoms with van der Waals surface area (Å²) >= 11 is 0. The number of nitrogens with zero attached hydrogens (tertiary/aromatic N) is 3. The molecule has 4 rings (SSSR count). The minimum Gasteiger partial charge on any atom is -0.481 e. The van der Waals surface area contributed by atoms with Crippen molar-refractivity contribution >= 4 is 47.4 Å². The normalized spacial score (nSPS) is 18.4. The lowest BCUT2D eigenvalue weighted by atomic mass is 10.0. The number of rotatable bonds is 4. The molecule has 30 heavy (non-hydrogen) atoms. The molecule has 1 N–H and O–H groups in total. The molecule has 0 amide bonds. The van der Waals surface area contributed by atoms with Crippen LogP contribution in [-0.2, 0) is 16.0 Å². The Morgan fingerprint density at radius 2 is 1.83 bits per heavy atom. The van der Waals surface area contributed by atoms with E-state index in [4.69, 9.17) is 14.8 Å². The number of morpholine rings is 1. The van der Waals surface area contributed by atoms with E-state index in [-0.39, 0.29) is 43.4 Å². The number of hydrogen-bond donors (Lipinski definition) is 1. The molecule has 160 valence electrons. The summed E-state index contributed by atoms with van der Waals surface area (Å²) in [7, 11) is 0. The van der Waals surface area contributed by atoms with Crippen LogP contribution in [0.3, 0.4) is 0 Å². The van der Waals surface area contributed by atoms with Crippen molar-refractivity contribution in [2.45, 2.75) is 32.5 Å². The summed E-state index contributed by atoms with van der Waals surface area (Å²) in [5.41, 5.74) is 2.44. The van der Waals surface area contributed by atoms with Crippen LogP contribution in [0.4, 0.5) is 5.82 Å². The van der Waals surface area contributed by atoms with Crippen LogP contribution >= 0.6 is 24.8 Å². The van der Waals surface area contributed by atoms with Crippen molar-refractivity contribution in [3.05, 3.63) is 54.4 Å². The zero-order chi connectivity index (χ0) is 19.7. The zero-order valence-electron chi connectivity index (χ0n) is 16.8. The van der Waals surface area contributed by atoms with Crippen molar-refractivity contribution in [3.63, 3.8) is 0 Å². The molecule has 2 aromatic heterocycles. The van der Waals surface area contributed by atoms with Gasteiger partial charge in [-0.3, -0.25) is 9.78 Å². The summed E-state index contributed by atoms with van der Waals surface area (Å²) in [6.07, 6.45) is 1.99. The van der Waals surface area contributed by atoms with E-state index in [0.717, 1.165) is 40.9 Å². The number of carbonyl (C=O) groups is 1. The van der Waals surface area contributed by atoms with Crippen LogP contribution in [-0.4, -0.2) is 46.3 Å². The van der Waals surface area contributed by atoms with E-state index in [1.807, 2.05) is 42.5 Å². The number of aliphatic carboxylic acids is 1. The molecule has 3 heterocycles. The lowest BCUT2D eigenvalue weighted by molar-refractivity contribution is -0.136. The van der Waals surface area contributed by atoms with Crippen LogP contribution in [0.5, 0.6) is 0 Å². The molecule has 6 nitrogen and oxygen atoms in total. The predicted octanol–water partition coefficient (Wildman–Crippen LogP) is 4.38. The lowest BCUT2D eigenvalue weighted by Gasteiger charge is -2.36. The Morgan fingerprint density at radius 3 is 2.53 bits per heavy atom. The fourth-order valence-electron chi connectivity index (χ4n) is 3.72. The number of hydrogen-bond acceptors (Lipinski definition) is 5. The predicted molar refractivity (Wildman–Crippen MR) is 123 cm³/mol. The van der Waals surface area contributed by atoms with Crippen LogP contribution in [0.1, 0.15) is 19.5 Å². The van der Waals surface area contributed by atoms with Gasteiger partial charge in [-0.25, -0.2) is 4.98 Å². The van der Waals surface area contributed by atoms with Gasteiger partial charge in [-0.2, -0.15) is 0 Å². The third kappa shape index (κ3) is 5.39. The number of carboxylic acids is 1. The summed E-state index contributed by atoms with van der Waals surface area (Å²) in [5, 5.41) is 10.9. The van der Waals surface area contributed by atoms with Crippen LogP contribution in [0.2, 0.25) is 0 Å². The second kappa shape index (κ2) is 10.1. The van der Waals surface area contributed by atoms with Crippen molar-refractivity contribution in [1.82, 2.24) is 9.97 Å². The second-order valence-electron chi connectivity index (χ2n) is 7.35. The number of aromatic nitrogens is 2. The number of carboxylic acid groups (broad SMARTS) is 1. The number of fused-ring (bicyclic) bond motifs is 1. The zero-order valence-corrected chi connectivity index (χ0v) is 18.4. The molecule has 1 saturated heterocycles. The topological polar surface area (TPSA) is 75.6 Å². The molecule has 1 aromatic carbocycles. The highest BCUT2D eigenvalue weighted by molar-refractivity contribution is 5.87. The maximum absolute atomic E-state index is 11.0. The molecule has 0 spiro atoms. The molecule has 3 aromatic rings. The fourth-order valence-corrected chi connectivity index (χ4v) is 3.72. The molecular formula is C22H25Cl2N3O3. The summed E-state index contributed by atoms with van der Waals surface area (Å²) in [6.45, 7) is 5.81. The maximum Gasteiger partial charge on any atom is 0.309 e. The molecule has 0 radical (unpaired) electrons. The van der Waals surface area contributed by atoms with Gasteiger partial charge in [-0.15, -0.1) is 24.8 Å². The van der Waals surface area contributed by atoms with Gasteiger partial charge in [-0.1, -0.05) is 18.2 Å². The minimum atomic E-state index is -0.883. The highest BCUT2D eigenvalue weighted by Gasteiger charge is 2.23.